The molecule has 1 aliphatic rings. The highest BCUT2D eigenvalue weighted by atomic mass is 16.5. The summed E-state index contributed by atoms with van der Waals surface area (Å²) in [6.45, 7) is 4.90. The summed E-state index contributed by atoms with van der Waals surface area (Å²) < 4.78 is 5.12. The van der Waals surface area contributed by atoms with Gasteiger partial charge in [0.25, 0.3) is 0 Å². The number of nitrogens with one attached hydrogen (secondary N) is 2. The number of ether oxygens (including phenoxy) is 1. The van der Waals surface area contributed by atoms with Gasteiger partial charge in [-0.05, 0) is 36.8 Å². The van der Waals surface area contributed by atoms with Crippen LogP contribution in [0.15, 0.2) is 54.6 Å². The molecule has 1 atom stereocenters. The summed E-state index contributed by atoms with van der Waals surface area (Å²) in [6.07, 6.45) is 0. The summed E-state index contributed by atoms with van der Waals surface area (Å²) in [6, 6.07) is 16.9. The minimum Gasteiger partial charge on any atom is -0.497 e. The number of rotatable bonds is 6. The number of carbonyl (C=O) groups is 2. The molecule has 29 heavy (non-hydrogen) atoms. The molecule has 7 nitrogen and oxygen atoms in total. The first-order valence-electron chi connectivity index (χ1n) is 9.83. The van der Waals surface area contributed by atoms with Crippen molar-refractivity contribution >= 4 is 17.6 Å². The van der Waals surface area contributed by atoms with Gasteiger partial charge in [0.1, 0.15) is 11.8 Å². The Balaban J connectivity index is 1.42. The van der Waals surface area contributed by atoms with Crippen LogP contribution in [0.5, 0.6) is 5.75 Å². The average molecular weight is 396 g/mol. The Morgan fingerprint density at radius 2 is 1.66 bits per heavy atom. The summed E-state index contributed by atoms with van der Waals surface area (Å²) in [5.74, 6) is 0.560. The second-order valence-electron chi connectivity index (χ2n) is 7.05. The second-order valence-corrected chi connectivity index (χ2v) is 7.05. The van der Waals surface area contributed by atoms with Gasteiger partial charge in [-0.25, -0.2) is 4.79 Å². The maximum atomic E-state index is 12.5. The number of benzene rings is 2. The van der Waals surface area contributed by atoms with E-state index >= 15 is 0 Å². The number of amides is 3. The van der Waals surface area contributed by atoms with E-state index in [1.165, 1.54) is 5.69 Å². The SMILES string of the molecule is COc1ccc(CNC(=O)C(C)NC(=O)N2CCN(c3ccccc3)CC2)cc1. The predicted molar refractivity (Wildman–Crippen MR) is 113 cm³/mol. The molecule has 7 heteroatoms. The molecule has 1 saturated heterocycles. The second kappa shape index (κ2) is 9.82. The Bertz CT molecular complexity index is 803. The Morgan fingerprint density at radius 1 is 1.00 bits per heavy atom. The monoisotopic (exact) mass is 396 g/mol. The smallest absolute Gasteiger partial charge is 0.318 e. The molecule has 3 amide bonds. The lowest BCUT2D eigenvalue weighted by Crippen LogP contribution is -2.55. The van der Waals surface area contributed by atoms with E-state index < -0.39 is 6.04 Å². The van der Waals surface area contributed by atoms with Gasteiger partial charge >= 0.3 is 6.03 Å². The van der Waals surface area contributed by atoms with E-state index in [2.05, 4.69) is 27.7 Å². The molecule has 0 spiro atoms. The van der Waals surface area contributed by atoms with Crippen molar-refractivity contribution in [2.45, 2.75) is 19.5 Å². The van der Waals surface area contributed by atoms with Gasteiger partial charge in [0.2, 0.25) is 5.91 Å². The fourth-order valence-electron chi connectivity index (χ4n) is 3.23. The van der Waals surface area contributed by atoms with Gasteiger partial charge in [-0.3, -0.25) is 4.79 Å². The first-order chi connectivity index (χ1) is 14.1. The first-order valence-corrected chi connectivity index (χ1v) is 9.83. The number of methoxy groups -OCH3 is 1. The molecule has 1 aliphatic heterocycles. The van der Waals surface area contributed by atoms with Crippen molar-refractivity contribution in [2.75, 3.05) is 38.2 Å². The van der Waals surface area contributed by atoms with Crippen LogP contribution >= 0.6 is 0 Å². The number of para-hydroxylation sites is 1. The first kappa shape index (κ1) is 20.5. The summed E-state index contributed by atoms with van der Waals surface area (Å²) >= 11 is 0. The molecule has 1 unspecified atom stereocenters. The van der Waals surface area contributed by atoms with Crippen LogP contribution in [-0.2, 0) is 11.3 Å². The minimum atomic E-state index is -0.604. The highest BCUT2D eigenvalue weighted by Gasteiger charge is 2.24. The molecular formula is C22H28N4O3. The van der Waals surface area contributed by atoms with Crippen molar-refractivity contribution in [2.24, 2.45) is 0 Å². The molecule has 0 saturated carbocycles. The number of piperazine rings is 1. The van der Waals surface area contributed by atoms with Crippen molar-refractivity contribution in [3.8, 4) is 5.75 Å². The molecule has 2 aromatic rings. The van der Waals surface area contributed by atoms with E-state index in [-0.39, 0.29) is 11.9 Å². The third-order valence-corrected chi connectivity index (χ3v) is 5.05. The minimum absolute atomic E-state index is 0.204. The van der Waals surface area contributed by atoms with Crippen LogP contribution in [0.4, 0.5) is 10.5 Å². The van der Waals surface area contributed by atoms with Gasteiger partial charge in [-0.1, -0.05) is 30.3 Å². The van der Waals surface area contributed by atoms with Gasteiger partial charge in [-0.2, -0.15) is 0 Å². The van der Waals surface area contributed by atoms with Crippen molar-refractivity contribution in [3.63, 3.8) is 0 Å². The van der Waals surface area contributed by atoms with Gasteiger partial charge in [-0.15, -0.1) is 0 Å². The fraction of sp³-hybridized carbons (Fsp3) is 0.364. The van der Waals surface area contributed by atoms with Crippen molar-refractivity contribution < 1.29 is 14.3 Å². The van der Waals surface area contributed by atoms with Gasteiger partial charge in [0.05, 0.1) is 7.11 Å². The number of nitrogens with zero attached hydrogens (tertiary/aromatic N) is 2. The lowest BCUT2D eigenvalue weighted by atomic mass is 10.2. The Kier molecular flexibility index (Phi) is 6.94. The number of carbonyl (C=O) groups excluding carboxylic acids is 2. The van der Waals surface area contributed by atoms with Crippen molar-refractivity contribution in [3.05, 3.63) is 60.2 Å². The molecule has 3 rings (SSSR count). The molecule has 1 heterocycles. The van der Waals surface area contributed by atoms with E-state index in [9.17, 15) is 9.59 Å². The number of urea groups is 1. The van der Waals surface area contributed by atoms with E-state index in [0.717, 1.165) is 24.4 Å². The quantitative estimate of drug-likeness (QED) is 0.785. The van der Waals surface area contributed by atoms with Crippen LogP contribution in [0.25, 0.3) is 0 Å². The largest absolute Gasteiger partial charge is 0.497 e. The highest BCUT2D eigenvalue weighted by Crippen LogP contribution is 2.15. The van der Waals surface area contributed by atoms with Crippen LogP contribution in [0.2, 0.25) is 0 Å². The zero-order valence-corrected chi connectivity index (χ0v) is 16.9. The van der Waals surface area contributed by atoms with E-state index in [4.69, 9.17) is 4.74 Å². The van der Waals surface area contributed by atoms with Crippen LogP contribution in [0, 0.1) is 0 Å². The van der Waals surface area contributed by atoms with Crippen LogP contribution in [0.1, 0.15) is 12.5 Å². The molecule has 154 valence electrons. The molecule has 2 N–H and O–H groups in total. The van der Waals surface area contributed by atoms with Crippen LogP contribution in [-0.4, -0.2) is 56.2 Å². The molecule has 0 aromatic heterocycles. The summed E-state index contributed by atoms with van der Waals surface area (Å²) in [5, 5.41) is 5.65. The highest BCUT2D eigenvalue weighted by molar-refractivity contribution is 5.86. The Hall–Kier alpha value is -3.22. The summed E-state index contributed by atoms with van der Waals surface area (Å²) in [5.41, 5.74) is 2.13. The maximum absolute atomic E-state index is 12.5. The van der Waals surface area contributed by atoms with E-state index in [1.54, 1.807) is 18.9 Å². The molecule has 0 radical (unpaired) electrons. The zero-order valence-electron chi connectivity index (χ0n) is 16.9. The van der Waals surface area contributed by atoms with E-state index in [0.29, 0.717) is 19.6 Å². The lowest BCUT2D eigenvalue weighted by Gasteiger charge is -2.36. The maximum Gasteiger partial charge on any atom is 0.318 e. The predicted octanol–water partition coefficient (Wildman–Crippen LogP) is 2.23. The van der Waals surface area contributed by atoms with Crippen molar-refractivity contribution in [1.29, 1.82) is 0 Å². The third-order valence-electron chi connectivity index (χ3n) is 5.05. The van der Waals surface area contributed by atoms with Gasteiger partial charge in [0.15, 0.2) is 0 Å². The van der Waals surface area contributed by atoms with Crippen LogP contribution in [0.3, 0.4) is 0 Å². The number of hydrogen-bond acceptors (Lipinski definition) is 4. The third kappa shape index (κ3) is 5.63. The number of hydrogen-bond donors (Lipinski definition) is 2. The van der Waals surface area contributed by atoms with Crippen molar-refractivity contribution in [1.82, 2.24) is 15.5 Å². The lowest BCUT2D eigenvalue weighted by molar-refractivity contribution is -0.122. The molecule has 2 aromatic carbocycles. The molecule has 0 aliphatic carbocycles. The molecule has 0 bridgehead atoms. The standard InChI is InChI=1S/C22H28N4O3/c1-17(21(27)23-16-18-8-10-20(29-2)11-9-18)24-22(28)26-14-12-25(13-15-26)19-6-4-3-5-7-19/h3-11,17H,12-16H2,1-2H3,(H,23,27)(H,24,28). The summed E-state index contributed by atoms with van der Waals surface area (Å²) in [4.78, 5) is 28.8. The number of anilines is 1. The fourth-order valence-corrected chi connectivity index (χ4v) is 3.23. The van der Waals surface area contributed by atoms with Gasteiger partial charge in [0, 0.05) is 38.4 Å². The summed E-state index contributed by atoms with van der Waals surface area (Å²) in [7, 11) is 1.61. The molecular weight excluding hydrogens is 368 g/mol. The van der Waals surface area contributed by atoms with Crippen LogP contribution < -0.4 is 20.3 Å². The molecule has 1 fully saturated rings. The zero-order chi connectivity index (χ0) is 20.6. The normalized spacial score (nSPS) is 14.8. The van der Waals surface area contributed by atoms with E-state index in [1.807, 2.05) is 42.5 Å². The Labute approximate surface area is 171 Å². The Morgan fingerprint density at radius 3 is 2.28 bits per heavy atom. The topological polar surface area (TPSA) is 73.9 Å². The van der Waals surface area contributed by atoms with Gasteiger partial charge < -0.3 is 25.2 Å². The average Bonchev–Trinajstić information content (AvgIpc) is 2.78.